The molecule has 0 saturated carbocycles. The number of nitrogen functional groups attached to an aromatic ring is 1. The summed E-state index contributed by atoms with van der Waals surface area (Å²) in [5.74, 6) is 0.215. The van der Waals surface area contributed by atoms with Crippen LogP contribution in [0.25, 0.3) is 0 Å². The van der Waals surface area contributed by atoms with E-state index in [9.17, 15) is 17.2 Å². The first-order valence-corrected chi connectivity index (χ1v) is 7.82. The molecule has 0 heterocycles. The van der Waals surface area contributed by atoms with Crippen LogP contribution >= 0.6 is 11.8 Å². The highest BCUT2D eigenvalue weighted by Gasteiger charge is 2.14. The number of sulfone groups is 1. The van der Waals surface area contributed by atoms with Crippen molar-refractivity contribution in [2.24, 2.45) is 0 Å². The Bertz CT molecular complexity index is 489. The highest BCUT2D eigenvalue weighted by Crippen LogP contribution is 2.32. The standard InChI is InChI=1S/C10H13F2NO2S2/c1-17(14,15)5-4-16-9-3-2-7(13)6-8(9)10(11)12/h2-3,6,10H,4-5,13H2,1H3. The lowest BCUT2D eigenvalue weighted by atomic mass is 10.2. The van der Waals surface area contributed by atoms with Crippen LogP contribution in [0.1, 0.15) is 12.0 Å². The number of thioether (sulfide) groups is 1. The van der Waals surface area contributed by atoms with Gasteiger partial charge in [-0.25, -0.2) is 17.2 Å². The van der Waals surface area contributed by atoms with Crippen LogP contribution < -0.4 is 5.73 Å². The summed E-state index contributed by atoms with van der Waals surface area (Å²) in [6.07, 6.45) is -1.50. The molecule has 0 spiro atoms. The van der Waals surface area contributed by atoms with E-state index in [1.54, 1.807) is 0 Å². The molecule has 0 atom stereocenters. The van der Waals surface area contributed by atoms with Crippen LogP contribution in [0.3, 0.4) is 0 Å². The van der Waals surface area contributed by atoms with E-state index in [0.29, 0.717) is 4.90 Å². The number of alkyl halides is 2. The molecule has 0 aliphatic carbocycles. The summed E-state index contributed by atoms with van der Waals surface area (Å²) < 4.78 is 47.2. The molecule has 17 heavy (non-hydrogen) atoms. The normalized spacial score (nSPS) is 12.0. The molecule has 0 aliphatic heterocycles. The molecular formula is C10H13F2NO2S2. The van der Waals surface area contributed by atoms with Crippen molar-refractivity contribution in [1.82, 2.24) is 0 Å². The predicted molar refractivity (Wildman–Crippen MR) is 66.2 cm³/mol. The molecule has 0 aromatic heterocycles. The molecule has 0 fully saturated rings. The van der Waals surface area contributed by atoms with Gasteiger partial charge in [0.15, 0.2) is 0 Å². The molecule has 0 saturated heterocycles. The molecule has 0 bridgehead atoms. The van der Waals surface area contributed by atoms with E-state index in [1.165, 1.54) is 18.2 Å². The zero-order valence-corrected chi connectivity index (χ0v) is 10.8. The highest BCUT2D eigenvalue weighted by atomic mass is 32.2. The van der Waals surface area contributed by atoms with Crippen molar-refractivity contribution in [2.75, 3.05) is 23.5 Å². The van der Waals surface area contributed by atoms with Gasteiger partial charge in [-0.05, 0) is 18.2 Å². The lowest BCUT2D eigenvalue weighted by Crippen LogP contribution is -2.05. The minimum Gasteiger partial charge on any atom is -0.399 e. The third-order valence-corrected chi connectivity index (χ3v) is 4.28. The van der Waals surface area contributed by atoms with Gasteiger partial charge in [-0.3, -0.25) is 0 Å². The van der Waals surface area contributed by atoms with Crippen molar-refractivity contribution in [3.63, 3.8) is 0 Å². The molecule has 0 aliphatic rings. The highest BCUT2D eigenvalue weighted by molar-refractivity contribution is 8.00. The smallest absolute Gasteiger partial charge is 0.265 e. The Morgan fingerprint density at radius 2 is 2.06 bits per heavy atom. The van der Waals surface area contributed by atoms with Crippen LogP contribution in [0.15, 0.2) is 23.1 Å². The van der Waals surface area contributed by atoms with Gasteiger partial charge in [0.05, 0.1) is 5.75 Å². The van der Waals surface area contributed by atoms with Crippen molar-refractivity contribution in [3.05, 3.63) is 23.8 Å². The number of anilines is 1. The largest absolute Gasteiger partial charge is 0.399 e. The van der Waals surface area contributed by atoms with Crippen LogP contribution in [0.5, 0.6) is 0 Å². The number of hydrogen-bond donors (Lipinski definition) is 1. The van der Waals surface area contributed by atoms with Gasteiger partial charge in [-0.15, -0.1) is 11.8 Å². The van der Waals surface area contributed by atoms with Crippen molar-refractivity contribution in [1.29, 1.82) is 0 Å². The van der Waals surface area contributed by atoms with Gasteiger partial charge in [0.1, 0.15) is 9.84 Å². The number of halogens is 2. The number of nitrogens with two attached hydrogens (primary N) is 1. The SMILES string of the molecule is CS(=O)(=O)CCSc1ccc(N)cc1C(F)F. The fourth-order valence-corrected chi connectivity index (χ4v) is 3.42. The first kappa shape index (κ1) is 14.2. The first-order chi connectivity index (χ1) is 7.79. The lowest BCUT2D eigenvalue weighted by Gasteiger charge is -2.09. The van der Waals surface area contributed by atoms with Gasteiger partial charge in [-0.1, -0.05) is 0 Å². The molecule has 96 valence electrons. The van der Waals surface area contributed by atoms with E-state index in [-0.39, 0.29) is 22.8 Å². The van der Waals surface area contributed by atoms with Gasteiger partial charge >= 0.3 is 0 Å². The van der Waals surface area contributed by atoms with Crippen LogP contribution in [-0.4, -0.2) is 26.2 Å². The van der Waals surface area contributed by atoms with Crippen LogP contribution in [0.2, 0.25) is 0 Å². The molecule has 0 unspecified atom stereocenters. The van der Waals surface area contributed by atoms with E-state index < -0.39 is 16.3 Å². The topological polar surface area (TPSA) is 60.2 Å². The Hall–Kier alpha value is -0.820. The Morgan fingerprint density at radius 3 is 2.59 bits per heavy atom. The second-order valence-corrected chi connectivity index (χ2v) is 6.97. The quantitative estimate of drug-likeness (QED) is 0.665. The van der Waals surface area contributed by atoms with Crippen molar-refractivity contribution in [2.45, 2.75) is 11.3 Å². The summed E-state index contributed by atoms with van der Waals surface area (Å²) in [5.41, 5.74) is 5.55. The van der Waals surface area contributed by atoms with E-state index in [1.807, 2.05) is 0 Å². The minimum atomic E-state index is -3.07. The van der Waals surface area contributed by atoms with E-state index in [4.69, 9.17) is 5.73 Å². The van der Waals surface area contributed by atoms with Gasteiger partial charge in [0.2, 0.25) is 0 Å². The third kappa shape index (κ3) is 4.91. The Kier molecular flexibility index (Phi) is 4.76. The average molecular weight is 281 g/mol. The van der Waals surface area contributed by atoms with Crippen molar-refractivity contribution < 1.29 is 17.2 Å². The summed E-state index contributed by atoms with van der Waals surface area (Å²) in [4.78, 5) is 0.373. The van der Waals surface area contributed by atoms with E-state index >= 15 is 0 Å². The summed E-state index contributed by atoms with van der Waals surface area (Å²) in [7, 11) is -3.07. The number of rotatable bonds is 5. The molecule has 1 aromatic rings. The number of hydrogen-bond acceptors (Lipinski definition) is 4. The monoisotopic (exact) mass is 281 g/mol. The maximum absolute atomic E-state index is 12.7. The Labute approximate surface area is 103 Å². The van der Waals surface area contributed by atoms with Gasteiger partial charge in [0.25, 0.3) is 6.43 Å². The summed E-state index contributed by atoms with van der Waals surface area (Å²) in [6.45, 7) is 0. The van der Waals surface area contributed by atoms with Gasteiger partial charge in [0, 0.05) is 28.2 Å². The number of benzene rings is 1. The maximum Gasteiger partial charge on any atom is 0.265 e. The Balaban J connectivity index is 2.77. The molecule has 3 nitrogen and oxygen atoms in total. The zero-order chi connectivity index (χ0) is 13.1. The summed E-state index contributed by atoms with van der Waals surface area (Å²) in [5, 5.41) is 0. The molecule has 0 amide bonds. The molecule has 1 rings (SSSR count). The molecule has 7 heteroatoms. The fraction of sp³-hybridized carbons (Fsp3) is 0.400. The molecule has 2 N–H and O–H groups in total. The first-order valence-electron chi connectivity index (χ1n) is 4.77. The van der Waals surface area contributed by atoms with Crippen molar-refractivity contribution >= 4 is 27.3 Å². The van der Waals surface area contributed by atoms with Crippen LogP contribution in [0.4, 0.5) is 14.5 Å². The molecular weight excluding hydrogens is 268 g/mol. The van der Waals surface area contributed by atoms with E-state index in [2.05, 4.69) is 0 Å². The van der Waals surface area contributed by atoms with Crippen molar-refractivity contribution in [3.8, 4) is 0 Å². The second kappa shape index (κ2) is 5.68. The second-order valence-electron chi connectivity index (χ2n) is 3.58. The van der Waals surface area contributed by atoms with Gasteiger partial charge in [-0.2, -0.15) is 0 Å². The van der Waals surface area contributed by atoms with Gasteiger partial charge < -0.3 is 5.73 Å². The maximum atomic E-state index is 12.7. The molecule has 1 aromatic carbocycles. The third-order valence-electron chi connectivity index (χ3n) is 1.98. The minimum absolute atomic E-state index is 0.0370. The fourth-order valence-electron chi connectivity index (χ4n) is 1.17. The van der Waals surface area contributed by atoms with Crippen LogP contribution in [-0.2, 0) is 9.84 Å². The Morgan fingerprint density at radius 1 is 1.41 bits per heavy atom. The summed E-state index contributed by atoms with van der Waals surface area (Å²) in [6, 6.07) is 4.23. The lowest BCUT2D eigenvalue weighted by molar-refractivity contribution is 0.148. The summed E-state index contributed by atoms with van der Waals surface area (Å²) >= 11 is 1.10. The predicted octanol–water partition coefficient (Wildman–Crippen LogP) is 2.34. The van der Waals surface area contributed by atoms with E-state index in [0.717, 1.165) is 18.0 Å². The molecule has 0 radical (unpaired) electrons. The van der Waals surface area contributed by atoms with Crippen LogP contribution in [0, 0.1) is 0 Å². The average Bonchev–Trinajstić information content (AvgIpc) is 2.18. The zero-order valence-electron chi connectivity index (χ0n) is 9.19.